The molecule has 3 aromatic rings. The minimum atomic E-state index is -4.91. The van der Waals surface area contributed by atoms with Crippen LogP contribution in [-0.2, 0) is 4.79 Å². The van der Waals surface area contributed by atoms with Gasteiger partial charge in [0.2, 0.25) is 0 Å². The number of aromatic nitrogens is 4. The Morgan fingerprint density at radius 1 is 1.16 bits per heavy atom. The van der Waals surface area contributed by atoms with E-state index in [1.807, 2.05) is 0 Å². The van der Waals surface area contributed by atoms with Crippen molar-refractivity contribution in [1.82, 2.24) is 25.1 Å². The van der Waals surface area contributed by atoms with Crippen molar-refractivity contribution < 1.29 is 32.6 Å². The van der Waals surface area contributed by atoms with Gasteiger partial charge in [0.05, 0.1) is 29.2 Å². The number of carbonyl (C=O) groups is 2. The van der Waals surface area contributed by atoms with Crippen LogP contribution in [0, 0.1) is 17.8 Å². The summed E-state index contributed by atoms with van der Waals surface area (Å²) in [4.78, 5) is 31.9. The summed E-state index contributed by atoms with van der Waals surface area (Å²) < 4.78 is 42.7. The molecule has 2 N–H and O–H groups in total. The van der Waals surface area contributed by atoms with E-state index in [0.717, 1.165) is 0 Å². The summed E-state index contributed by atoms with van der Waals surface area (Å²) >= 11 is 0. The number of carboxylic acids is 1. The van der Waals surface area contributed by atoms with Crippen molar-refractivity contribution in [2.45, 2.75) is 58.0 Å². The highest BCUT2D eigenvalue weighted by Gasteiger charge is 2.33. The van der Waals surface area contributed by atoms with Gasteiger partial charge < -0.3 is 15.2 Å². The average molecular weight is 515 g/mol. The fraction of sp³-hybridized carbons (Fsp3) is 0.400. The van der Waals surface area contributed by atoms with Crippen LogP contribution in [0.5, 0.6) is 6.01 Å². The molecular weight excluding hydrogens is 491 g/mol. The van der Waals surface area contributed by atoms with Crippen molar-refractivity contribution in [2.75, 3.05) is 0 Å². The van der Waals surface area contributed by atoms with E-state index >= 15 is 0 Å². The number of nitrogens with zero attached hydrogens (tertiary/aromatic N) is 4. The summed E-state index contributed by atoms with van der Waals surface area (Å²) in [6.45, 7) is 3.44. The number of benzene rings is 1. The fourth-order valence-electron chi connectivity index (χ4n) is 4.47. The Morgan fingerprint density at radius 3 is 2.43 bits per heavy atom. The second kappa shape index (κ2) is 10.5. The number of carboxylic acid groups (broad SMARTS) is 1. The minimum Gasteiger partial charge on any atom is -0.481 e. The Hall–Kier alpha value is -4.14. The summed E-state index contributed by atoms with van der Waals surface area (Å²) in [5.74, 6) is 4.28. The van der Waals surface area contributed by atoms with Crippen LogP contribution in [-0.4, -0.2) is 49.1 Å². The third kappa shape index (κ3) is 5.82. The maximum absolute atomic E-state index is 13.3. The van der Waals surface area contributed by atoms with E-state index < -0.39 is 30.3 Å². The van der Waals surface area contributed by atoms with Crippen LogP contribution in [0.3, 0.4) is 0 Å². The molecule has 1 aliphatic rings. The van der Waals surface area contributed by atoms with Crippen LogP contribution < -0.4 is 10.1 Å². The Balaban J connectivity index is 1.65. The maximum Gasteiger partial charge on any atom is 0.575 e. The van der Waals surface area contributed by atoms with Gasteiger partial charge in [0.1, 0.15) is 0 Å². The lowest BCUT2D eigenvalue weighted by atomic mass is 9.86. The second-order valence-electron chi connectivity index (χ2n) is 8.77. The number of carbonyl (C=O) groups excluding carboxylic acids is 1. The molecule has 0 saturated heterocycles. The monoisotopic (exact) mass is 515 g/mol. The highest BCUT2D eigenvalue weighted by Crippen LogP contribution is 2.30. The average Bonchev–Trinajstić information content (AvgIpc) is 3.29. The van der Waals surface area contributed by atoms with E-state index in [0.29, 0.717) is 53.3 Å². The van der Waals surface area contributed by atoms with Gasteiger partial charge in [-0.05, 0) is 51.7 Å². The number of halogens is 3. The molecule has 194 valence electrons. The molecule has 1 atom stereocenters. The molecule has 37 heavy (non-hydrogen) atoms. The second-order valence-corrected chi connectivity index (χ2v) is 8.77. The van der Waals surface area contributed by atoms with E-state index in [4.69, 9.17) is 0 Å². The Bertz CT molecular complexity index is 1370. The van der Waals surface area contributed by atoms with E-state index in [9.17, 15) is 27.9 Å². The molecule has 2 heterocycles. The van der Waals surface area contributed by atoms with E-state index in [1.54, 1.807) is 36.9 Å². The van der Waals surface area contributed by atoms with Gasteiger partial charge in [0.25, 0.3) is 5.91 Å². The molecule has 2 aromatic heterocycles. The maximum atomic E-state index is 13.3. The summed E-state index contributed by atoms with van der Waals surface area (Å²) in [7, 11) is 0. The summed E-state index contributed by atoms with van der Waals surface area (Å²) in [6.07, 6.45) is 1.20. The van der Waals surface area contributed by atoms with Crippen LogP contribution in [0.4, 0.5) is 13.2 Å². The van der Waals surface area contributed by atoms with Crippen LogP contribution in [0.25, 0.3) is 10.9 Å². The predicted molar refractivity (Wildman–Crippen MR) is 126 cm³/mol. The zero-order valence-corrected chi connectivity index (χ0v) is 20.0. The van der Waals surface area contributed by atoms with Gasteiger partial charge in [-0.3, -0.25) is 14.3 Å². The number of alkyl halides is 3. The molecule has 4 rings (SSSR count). The number of rotatable bonds is 6. The van der Waals surface area contributed by atoms with Crippen LogP contribution >= 0.6 is 0 Å². The fourth-order valence-corrected chi connectivity index (χ4v) is 4.47. The zero-order chi connectivity index (χ0) is 26.7. The summed E-state index contributed by atoms with van der Waals surface area (Å²) in [5.41, 5.74) is 1.96. The van der Waals surface area contributed by atoms with Crippen LogP contribution in [0.15, 0.2) is 30.7 Å². The number of hydrogen-bond donors (Lipinski definition) is 2. The quantitative estimate of drug-likeness (QED) is 0.475. The largest absolute Gasteiger partial charge is 0.575 e. The Kier molecular flexibility index (Phi) is 7.33. The molecule has 1 unspecified atom stereocenters. The van der Waals surface area contributed by atoms with Gasteiger partial charge in [-0.1, -0.05) is 5.92 Å². The van der Waals surface area contributed by atoms with E-state index in [2.05, 4.69) is 37.0 Å². The standard InChI is InChI=1S/C25H24F3N5O4/c1-3-4-15-7-10-19(22(34)32-18-8-5-16(6-9-18)23(35)36)21-20(15)13-31-33(21)14(2)17-11-29-24(30-12-17)37-25(26,27)28/h7,10-14,16,18H,5-6,8-9H2,1-2H3,(H,32,34)(H,35,36). The number of fused-ring (bicyclic) bond motifs is 1. The first kappa shape index (κ1) is 25.9. The molecule has 0 bridgehead atoms. The molecule has 0 radical (unpaired) electrons. The topological polar surface area (TPSA) is 119 Å². The van der Waals surface area contributed by atoms with Gasteiger partial charge in [-0.25, -0.2) is 9.97 Å². The summed E-state index contributed by atoms with van der Waals surface area (Å²) in [5, 5.41) is 17.3. The molecule has 1 amide bonds. The molecule has 0 aliphatic heterocycles. The number of aliphatic carboxylic acids is 1. The van der Waals surface area contributed by atoms with Crippen molar-refractivity contribution in [2.24, 2.45) is 5.92 Å². The third-order valence-electron chi connectivity index (χ3n) is 6.38. The first-order valence-electron chi connectivity index (χ1n) is 11.6. The Morgan fingerprint density at radius 2 is 1.84 bits per heavy atom. The van der Waals surface area contributed by atoms with Crippen molar-refractivity contribution in [3.05, 3.63) is 47.4 Å². The molecule has 1 fully saturated rings. The number of hydrogen-bond acceptors (Lipinski definition) is 6. The number of amides is 1. The highest BCUT2D eigenvalue weighted by atomic mass is 19.4. The normalized spacial score (nSPS) is 18.5. The predicted octanol–water partition coefficient (Wildman–Crippen LogP) is 4.08. The van der Waals surface area contributed by atoms with Gasteiger partial charge in [-0.2, -0.15) is 5.10 Å². The first-order valence-corrected chi connectivity index (χ1v) is 11.6. The van der Waals surface area contributed by atoms with Gasteiger partial charge in [0, 0.05) is 34.9 Å². The summed E-state index contributed by atoms with van der Waals surface area (Å²) in [6, 6.07) is 1.86. The first-order chi connectivity index (χ1) is 17.6. The molecular formula is C25H24F3N5O4. The van der Waals surface area contributed by atoms with Gasteiger partial charge in [0.15, 0.2) is 0 Å². The molecule has 12 heteroatoms. The van der Waals surface area contributed by atoms with Crippen LogP contribution in [0.1, 0.15) is 67.1 Å². The van der Waals surface area contributed by atoms with Crippen molar-refractivity contribution in [3.8, 4) is 17.9 Å². The molecule has 9 nitrogen and oxygen atoms in total. The van der Waals surface area contributed by atoms with Crippen molar-refractivity contribution >= 4 is 22.8 Å². The minimum absolute atomic E-state index is 0.156. The van der Waals surface area contributed by atoms with Crippen molar-refractivity contribution in [3.63, 3.8) is 0 Å². The molecule has 1 aromatic carbocycles. The third-order valence-corrected chi connectivity index (χ3v) is 6.38. The van der Waals surface area contributed by atoms with Crippen LogP contribution in [0.2, 0.25) is 0 Å². The SMILES string of the molecule is CC#Cc1ccc(C(=O)NC2CCC(C(=O)O)CC2)c2c1cnn2C(C)c1cnc(OC(F)(F)F)nc1. The lowest BCUT2D eigenvalue weighted by Crippen LogP contribution is -2.39. The van der Waals surface area contributed by atoms with Gasteiger partial charge in [-0.15, -0.1) is 19.1 Å². The Labute approximate surface area is 210 Å². The molecule has 0 spiro atoms. The van der Waals surface area contributed by atoms with E-state index in [1.165, 1.54) is 12.4 Å². The smallest absolute Gasteiger partial charge is 0.481 e. The zero-order valence-electron chi connectivity index (χ0n) is 20.0. The number of ether oxygens (including phenoxy) is 1. The molecule has 1 aliphatic carbocycles. The number of nitrogens with one attached hydrogen (secondary N) is 1. The van der Waals surface area contributed by atoms with Crippen molar-refractivity contribution in [1.29, 1.82) is 0 Å². The lowest BCUT2D eigenvalue weighted by Gasteiger charge is -2.27. The van der Waals surface area contributed by atoms with E-state index in [-0.39, 0.29) is 11.9 Å². The highest BCUT2D eigenvalue weighted by molar-refractivity contribution is 6.07. The lowest BCUT2D eigenvalue weighted by molar-refractivity contribution is -0.277. The van der Waals surface area contributed by atoms with Gasteiger partial charge >= 0.3 is 18.3 Å². The molecule has 1 saturated carbocycles.